The highest BCUT2D eigenvalue weighted by atomic mass is 16.6. The summed E-state index contributed by atoms with van der Waals surface area (Å²) < 4.78 is 15.4. The molecule has 1 aromatic carbocycles. The van der Waals surface area contributed by atoms with Crippen LogP contribution >= 0.6 is 0 Å². The number of aliphatic carboxylic acids is 5. The number of benzene rings is 1. The fraction of sp³-hybridized carbons (Fsp3) is 0.0952. The Balaban J connectivity index is 1.27. The van der Waals surface area contributed by atoms with Gasteiger partial charge in [-0.3, -0.25) is 38.4 Å². The molecule has 3 aliphatic carbocycles. The van der Waals surface area contributed by atoms with Crippen molar-refractivity contribution in [1.29, 1.82) is 0 Å². The molecule has 4 unspecified atom stereocenters. The Morgan fingerprint density at radius 3 is 1.75 bits per heavy atom. The van der Waals surface area contributed by atoms with Gasteiger partial charge < -0.3 is 44.8 Å². The summed E-state index contributed by atoms with van der Waals surface area (Å²) in [4.78, 5) is 153. The molecule has 0 spiro atoms. The molecule has 1 aromatic rings. The van der Waals surface area contributed by atoms with Crippen LogP contribution in [-0.4, -0.2) is 102 Å². The summed E-state index contributed by atoms with van der Waals surface area (Å²) in [6.45, 7) is 6.66. The third-order valence-corrected chi connectivity index (χ3v) is 10.5. The smallest absolute Gasteiger partial charge is 0.343 e. The molecule has 21 nitrogen and oxygen atoms in total. The zero-order valence-corrected chi connectivity index (χ0v) is 31.1. The molecule has 0 amide bonds. The van der Waals surface area contributed by atoms with Gasteiger partial charge in [0.25, 0.3) is 0 Å². The monoisotopic (exact) mass is 862 g/mol. The molecule has 316 valence electrons. The van der Waals surface area contributed by atoms with Gasteiger partial charge in [-0.2, -0.15) is 0 Å². The number of hydrogen-bond acceptors (Lipinski definition) is 16. The largest absolute Gasteiger partial charge is 0.508 e. The third-order valence-electron chi connectivity index (χ3n) is 10.5. The molecule has 3 aliphatic heterocycles. The number of phenols is 1. The van der Waals surface area contributed by atoms with Crippen LogP contribution in [0, 0.1) is 11.8 Å². The van der Waals surface area contributed by atoms with Crippen LogP contribution in [0.5, 0.6) is 11.5 Å². The van der Waals surface area contributed by atoms with Crippen molar-refractivity contribution in [3.8, 4) is 11.5 Å². The van der Waals surface area contributed by atoms with E-state index in [1.165, 1.54) is 0 Å². The van der Waals surface area contributed by atoms with Gasteiger partial charge in [0.15, 0.2) is 23.1 Å². The number of esters is 3. The minimum Gasteiger partial charge on any atom is -0.508 e. The van der Waals surface area contributed by atoms with Gasteiger partial charge in [-0.05, 0) is 48.6 Å². The standard InChI is InChI=1S/C42H22O21/c1-11(35(48)49)13-3-22(44)15(5-21(13)43)31(38(54)55)33-19-7-25(47)18(10-28(19)63-41(33)59)32(39(56)57)34-20-6-24(46)17(9-27(20)62-42(34)60)30(37(52)53)29(36(50)51)16-8-26-14(4-23(16)45)12(2)40(58)61-26/h3-10,31-34,47H,1-2H2,(H,48,49)(H,50,51)(H,52,53)(H,54,55)(H,56,57)/b29-16-,30-17-. The molecule has 3 heterocycles. The number of aromatic hydroxyl groups is 1. The van der Waals surface area contributed by atoms with E-state index < -0.39 is 168 Å². The molecule has 4 atom stereocenters. The Morgan fingerprint density at radius 2 is 1.17 bits per heavy atom. The number of carbonyl (C=O) groups excluding carboxylic acids is 7. The van der Waals surface area contributed by atoms with Crippen LogP contribution in [0.4, 0.5) is 0 Å². The predicted molar refractivity (Wildman–Crippen MR) is 197 cm³/mol. The van der Waals surface area contributed by atoms with E-state index in [2.05, 4.69) is 13.2 Å². The lowest BCUT2D eigenvalue weighted by atomic mass is 9.76. The highest BCUT2D eigenvalue weighted by Crippen LogP contribution is 2.50. The number of ether oxygens (including phenoxy) is 3. The SMILES string of the molecule is C=C(C(=O)O)C1=CC(=O)C(C(C(=O)O)C2C(=O)Oc3cc(C(C(=O)O)C4C(=O)OC5=C/C(=C(C(=O)O)\C(C(=O)O)=C6/C=C7OC(=O)C(=C)C7=CC6=O)C(=O)C=C54)c(O)cc32)=CC1=O. The van der Waals surface area contributed by atoms with Crippen molar-refractivity contribution in [2.45, 2.75) is 11.8 Å². The van der Waals surface area contributed by atoms with Crippen molar-refractivity contribution in [2.75, 3.05) is 0 Å². The normalized spacial score (nSPS) is 22.6. The first-order valence-electron chi connectivity index (χ1n) is 17.6. The first-order chi connectivity index (χ1) is 29.5. The van der Waals surface area contributed by atoms with E-state index in [9.17, 15) is 88.2 Å². The topological polar surface area (TPSA) is 354 Å². The van der Waals surface area contributed by atoms with E-state index in [1.54, 1.807) is 0 Å². The fourth-order valence-corrected chi connectivity index (χ4v) is 7.65. The summed E-state index contributed by atoms with van der Waals surface area (Å²) in [5.41, 5.74) is -8.57. The van der Waals surface area contributed by atoms with Crippen molar-refractivity contribution in [3.05, 3.63) is 140 Å². The van der Waals surface area contributed by atoms with Crippen molar-refractivity contribution in [3.63, 3.8) is 0 Å². The summed E-state index contributed by atoms with van der Waals surface area (Å²) in [5, 5.41) is 61.4. The number of fused-ring (bicyclic) bond motifs is 3. The molecule has 21 heteroatoms. The second-order valence-corrected chi connectivity index (χ2v) is 14.0. The molecule has 7 rings (SSSR count). The highest BCUT2D eigenvalue weighted by molar-refractivity contribution is 6.26. The lowest BCUT2D eigenvalue weighted by molar-refractivity contribution is -0.147. The van der Waals surface area contributed by atoms with E-state index in [0.717, 1.165) is 18.2 Å². The van der Waals surface area contributed by atoms with Crippen molar-refractivity contribution < 1.29 is 102 Å². The summed E-state index contributed by atoms with van der Waals surface area (Å²) in [6.07, 6.45) is 3.74. The minimum absolute atomic E-state index is 0.106. The van der Waals surface area contributed by atoms with Crippen LogP contribution in [0.2, 0.25) is 0 Å². The van der Waals surface area contributed by atoms with Crippen molar-refractivity contribution >= 4 is 70.9 Å². The maximum atomic E-state index is 13.7. The molecule has 0 radical (unpaired) electrons. The number of rotatable bonds is 11. The summed E-state index contributed by atoms with van der Waals surface area (Å²) >= 11 is 0. The molecule has 6 aliphatic rings. The maximum Gasteiger partial charge on any atom is 0.343 e. The average Bonchev–Trinajstić information content (AvgIpc) is 3.77. The average molecular weight is 863 g/mol. The molecule has 0 aromatic heterocycles. The van der Waals surface area contributed by atoms with Crippen LogP contribution in [0.15, 0.2) is 129 Å². The van der Waals surface area contributed by atoms with Gasteiger partial charge in [0.1, 0.15) is 46.7 Å². The number of phenolic OH excluding ortho intramolecular Hbond substituents is 1. The number of carboxylic acids is 5. The zero-order valence-electron chi connectivity index (χ0n) is 31.1. The van der Waals surface area contributed by atoms with Gasteiger partial charge in [-0.15, -0.1) is 0 Å². The maximum absolute atomic E-state index is 13.7. The molecule has 2 fully saturated rings. The molecular weight excluding hydrogens is 840 g/mol. The number of hydrogen-bond donors (Lipinski definition) is 6. The summed E-state index contributed by atoms with van der Waals surface area (Å²) in [5.74, 6) is -29.0. The van der Waals surface area contributed by atoms with Gasteiger partial charge in [0.2, 0.25) is 0 Å². The van der Waals surface area contributed by atoms with E-state index >= 15 is 0 Å². The van der Waals surface area contributed by atoms with E-state index in [4.69, 9.17) is 14.2 Å². The van der Waals surface area contributed by atoms with Gasteiger partial charge in [0, 0.05) is 44.6 Å². The first-order valence-corrected chi connectivity index (χ1v) is 17.6. The zero-order chi connectivity index (χ0) is 46.3. The van der Waals surface area contributed by atoms with Crippen LogP contribution < -0.4 is 4.74 Å². The lowest BCUT2D eigenvalue weighted by Crippen LogP contribution is -2.33. The number of ketones is 4. The molecule has 0 saturated carbocycles. The first kappa shape index (κ1) is 42.0. The second kappa shape index (κ2) is 14.8. The number of allylic oxidation sites excluding steroid dienone is 10. The highest BCUT2D eigenvalue weighted by Gasteiger charge is 2.51. The number of carboxylic acid groups (broad SMARTS) is 5. The van der Waals surface area contributed by atoms with E-state index in [0.29, 0.717) is 30.4 Å². The van der Waals surface area contributed by atoms with E-state index in [-0.39, 0.29) is 16.9 Å². The minimum atomic E-state index is -2.22. The Labute approximate surface area is 348 Å². The summed E-state index contributed by atoms with van der Waals surface area (Å²) in [7, 11) is 0. The number of carbonyl (C=O) groups is 12. The Morgan fingerprint density at radius 1 is 0.603 bits per heavy atom. The van der Waals surface area contributed by atoms with E-state index in [1.807, 2.05) is 0 Å². The Bertz CT molecular complexity index is 2930. The van der Waals surface area contributed by atoms with Crippen LogP contribution in [-0.2, 0) is 67.0 Å². The molecule has 63 heavy (non-hydrogen) atoms. The van der Waals surface area contributed by atoms with Gasteiger partial charge in [0.05, 0.1) is 22.3 Å². The van der Waals surface area contributed by atoms with Gasteiger partial charge in [-0.25, -0.2) is 19.2 Å². The fourth-order valence-electron chi connectivity index (χ4n) is 7.65. The molecule has 0 bridgehead atoms. The summed E-state index contributed by atoms with van der Waals surface area (Å²) in [6, 6.07) is 1.46. The Hall–Kier alpha value is -9.14. The van der Waals surface area contributed by atoms with Crippen molar-refractivity contribution in [1.82, 2.24) is 0 Å². The molecular formula is C42H22O21. The molecule has 2 saturated heterocycles. The van der Waals surface area contributed by atoms with Gasteiger partial charge >= 0.3 is 47.8 Å². The quantitative estimate of drug-likeness (QED) is 0.0773. The van der Waals surface area contributed by atoms with Crippen LogP contribution in [0.3, 0.4) is 0 Å². The van der Waals surface area contributed by atoms with Gasteiger partial charge in [-0.1, -0.05) is 13.2 Å². The Kier molecular flexibility index (Phi) is 9.90. The predicted octanol–water partition coefficient (Wildman–Crippen LogP) is 0.744. The van der Waals surface area contributed by atoms with Crippen LogP contribution in [0.1, 0.15) is 23.0 Å². The lowest BCUT2D eigenvalue weighted by Gasteiger charge is -2.23. The molecule has 6 N–H and O–H groups in total. The second-order valence-electron chi connectivity index (χ2n) is 14.0. The van der Waals surface area contributed by atoms with Crippen molar-refractivity contribution in [2.24, 2.45) is 11.8 Å². The van der Waals surface area contributed by atoms with Crippen LogP contribution in [0.25, 0.3) is 0 Å². The third kappa shape index (κ3) is 6.70.